The van der Waals surface area contributed by atoms with E-state index in [0.29, 0.717) is 6.54 Å². The molecule has 2 unspecified atom stereocenters. The second kappa shape index (κ2) is 9.49. The highest BCUT2D eigenvalue weighted by Gasteiger charge is 2.41. The third kappa shape index (κ3) is 4.52. The largest absolute Gasteiger partial charge is 0.480 e. The number of carboxylic acid groups (broad SMARTS) is 1. The first-order chi connectivity index (χ1) is 16.5. The fraction of sp³-hybridized carbons (Fsp3) is 0.444. The van der Waals surface area contributed by atoms with Gasteiger partial charge in [0.25, 0.3) is 0 Å². The summed E-state index contributed by atoms with van der Waals surface area (Å²) in [6.07, 6.45) is 3.73. The average Bonchev–Trinajstić information content (AvgIpc) is 3.49. The molecule has 3 aliphatic carbocycles. The number of hydrogen-bond acceptors (Lipinski definition) is 4. The van der Waals surface area contributed by atoms with Crippen LogP contribution in [0.3, 0.4) is 0 Å². The van der Waals surface area contributed by atoms with E-state index in [9.17, 15) is 19.5 Å². The Labute approximate surface area is 199 Å². The van der Waals surface area contributed by atoms with Gasteiger partial charge in [-0.05, 0) is 53.9 Å². The summed E-state index contributed by atoms with van der Waals surface area (Å²) in [7, 11) is 0. The van der Waals surface area contributed by atoms with Crippen molar-refractivity contribution in [2.45, 2.75) is 44.1 Å². The van der Waals surface area contributed by atoms with Gasteiger partial charge in [-0.3, -0.25) is 9.59 Å². The Balaban J connectivity index is 1.17. The quantitative estimate of drug-likeness (QED) is 0.618. The molecule has 2 aromatic rings. The van der Waals surface area contributed by atoms with E-state index >= 15 is 0 Å². The summed E-state index contributed by atoms with van der Waals surface area (Å²) in [5.41, 5.74) is 4.69. The lowest BCUT2D eigenvalue weighted by Gasteiger charge is -2.27. The molecule has 2 amide bonds. The fourth-order valence-electron chi connectivity index (χ4n) is 5.60. The fourth-order valence-corrected chi connectivity index (χ4v) is 5.60. The lowest BCUT2D eigenvalue weighted by atomic mass is 9.94. The molecule has 0 aromatic heterocycles. The average molecular weight is 463 g/mol. The van der Waals surface area contributed by atoms with Gasteiger partial charge in [-0.2, -0.15) is 0 Å². The van der Waals surface area contributed by atoms with Gasteiger partial charge in [0.15, 0.2) is 0 Å². The number of fused-ring (bicyclic) bond motifs is 3. The first-order valence-electron chi connectivity index (χ1n) is 12.1. The van der Waals surface area contributed by atoms with Crippen molar-refractivity contribution in [3.8, 4) is 11.1 Å². The van der Waals surface area contributed by atoms with Crippen LogP contribution in [0.4, 0.5) is 4.79 Å². The number of rotatable bonds is 8. The number of carbonyl (C=O) groups excluding carboxylic acids is 2. The van der Waals surface area contributed by atoms with E-state index in [0.717, 1.165) is 43.2 Å². The maximum absolute atomic E-state index is 13.1. The number of nitrogens with zero attached hydrogens (tertiary/aromatic N) is 1. The maximum atomic E-state index is 13.1. The summed E-state index contributed by atoms with van der Waals surface area (Å²) >= 11 is 0. The van der Waals surface area contributed by atoms with Gasteiger partial charge in [-0.1, -0.05) is 55.0 Å². The number of carboxylic acids is 1. The molecule has 7 nitrogen and oxygen atoms in total. The summed E-state index contributed by atoms with van der Waals surface area (Å²) < 4.78 is 5.62. The molecule has 0 spiro atoms. The Morgan fingerprint density at radius 1 is 0.941 bits per heavy atom. The van der Waals surface area contributed by atoms with E-state index < -0.39 is 12.1 Å². The molecular formula is C27H30N2O5. The number of aliphatic carboxylic acids is 1. The highest BCUT2D eigenvalue weighted by molar-refractivity contribution is 5.84. The zero-order valence-corrected chi connectivity index (χ0v) is 19.1. The van der Waals surface area contributed by atoms with Crippen LogP contribution in [0.1, 0.15) is 49.1 Å². The van der Waals surface area contributed by atoms with Crippen LogP contribution in [0.25, 0.3) is 11.1 Å². The van der Waals surface area contributed by atoms with Crippen LogP contribution in [-0.2, 0) is 14.3 Å². The summed E-state index contributed by atoms with van der Waals surface area (Å²) in [6, 6.07) is 16.5. The Morgan fingerprint density at radius 2 is 1.59 bits per heavy atom. The van der Waals surface area contributed by atoms with Crippen LogP contribution >= 0.6 is 0 Å². The smallest absolute Gasteiger partial charge is 0.407 e. The van der Waals surface area contributed by atoms with Gasteiger partial charge in [0.1, 0.15) is 13.2 Å². The predicted molar refractivity (Wildman–Crippen MR) is 126 cm³/mol. The first-order valence-corrected chi connectivity index (χ1v) is 12.1. The second-order valence-corrected chi connectivity index (χ2v) is 9.59. The third-order valence-corrected chi connectivity index (χ3v) is 7.40. The molecule has 2 aromatic carbocycles. The second-order valence-electron chi connectivity index (χ2n) is 9.59. The van der Waals surface area contributed by atoms with Crippen molar-refractivity contribution >= 4 is 18.0 Å². The van der Waals surface area contributed by atoms with E-state index in [1.54, 1.807) is 0 Å². The Kier molecular flexibility index (Phi) is 6.26. The summed E-state index contributed by atoms with van der Waals surface area (Å²) in [5, 5.41) is 12.1. The Hall–Kier alpha value is -3.35. The lowest BCUT2D eigenvalue weighted by Crippen LogP contribution is -2.44. The van der Waals surface area contributed by atoms with Crippen LogP contribution in [0.2, 0.25) is 0 Å². The van der Waals surface area contributed by atoms with E-state index in [-0.39, 0.29) is 42.9 Å². The number of carbonyl (C=O) groups is 3. The molecule has 0 bridgehead atoms. The maximum Gasteiger partial charge on any atom is 0.407 e. The van der Waals surface area contributed by atoms with Gasteiger partial charge in [0.2, 0.25) is 5.91 Å². The van der Waals surface area contributed by atoms with Gasteiger partial charge in [0.05, 0.1) is 0 Å². The van der Waals surface area contributed by atoms with Crippen LogP contribution in [0, 0.1) is 11.8 Å². The zero-order valence-electron chi connectivity index (χ0n) is 19.1. The Morgan fingerprint density at radius 3 is 2.21 bits per heavy atom. The molecule has 0 heterocycles. The molecule has 2 fully saturated rings. The zero-order chi connectivity index (χ0) is 23.7. The van der Waals surface area contributed by atoms with Crippen molar-refractivity contribution in [2.24, 2.45) is 11.8 Å². The molecule has 0 radical (unpaired) electrons. The van der Waals surface area contributed by atoms with Crippen molar-refractivity contribution in [3.05, 3.63) is 59.7 Å². The van der Waals surface area contributed by atoms with Crippen LogP contribution < -0.4 is 5.32 Å². The lowest BCUT2D eigenvalue weighted by molar-refractivity contribution is -0.147. The molecule has 0 saturated heterocycles. The minimum absolute atomic E-state index is 0.00192. The number of amides is 2. The number of alkyl carbamates (subject to hydrolysis) is 1. The van der Waals surface area contributed by atoms with E-state index in [2.05, 4.69) is 29.6 Å². The minimum atomic E-state index is -0.980. The molecule has 2 N–H and O–H groups in total. The van der Waals surface area contributed by atoms with Gasteiger partial charge < -0.3 is 20.1 Å². The van der Waals surface area contributed by atoms with Crippen molar-refractivity contribution in [1.82, 2.24) is 10.2 Å². The molecule has 0 aliphatic heterocycles. The highest BCUT2D eigenvalue weighted by atomic mass is 16.5. The topological polar surface area (TPSA) is 95.9 Å². The molecular weight excluding hydrogens is 432 g/mol. The molecule has 34 heavy (non-hydrogen) atoms. The number of nitrogens with one attached hydrogen (secondary N) is 1. The van der Waals surface area contributed by atoms with Crippen LogP contribution in [0.5, 0.6) is 0 Å². The molecule has 3 aliphatic rings. The number of hydrogen-bond donors (Lipinski definition) is 2. The molecule has 2 saturated carbocycles. The van der Waals surface area contributed by atoms with Crippen molar-refractivity contribution in [3.63, 3.8) is 0 Å². The molecule has 2 atom stereocenters. The molecule has 5 rings (SSSR count). The van der Waals surface area contributed by atoms with Crippen LogP contribution in [0.15, 0.2) is 48.5 Å². The van der Waals surface area contributed by atoms with Crippen molar-refractivity contribution < 1.29 is 24.2 Å². The standard InChI is InChI=1S/C27H30N2O5/c30-25(31)15-29(18-12-13-18)26(32)19-11-5-6-17(19)14-28-27(33)34-16-24-22-9-3-1-7-20(22)21-8-2-4-10-23(21)24/h1-4,7-10,17-19,24H,5-6,11-16H2,(H,28,33)(H,30,31). The van der Waals surface area contributed by atoms with E-state index in [1.807, 2.05) is 24.3 Å². The summed E-state index contributed by atoms with van der Waals surface area (Å²) in [4.78, 5) is 38.4. The van der Waals surface area contributed by atoms with Gasteiger partial charge >= 0.3 is 12.1 Å². The normalized spacial score (nSPS) is 20.9. The predicted octanol–water partition coefficient (Wildman–Crippen LogP) is 4.02. The van der Waals surface area contributed by atoms with Gasteiger partial charge in [-0.15, -0.1) is 0 Å². The summed E-state index contributed by atoms with van der Waals surface area (Å²) in [6.45, 7) is 0.367. The SMILES string of the molecule is O=C(O)CN(C(=O)C1CCCC1CNC(=O)OCC1c2ccccc2-c2ccccc21)C1CC1. The first kappa shape index (κ1) is 22.4. The monoisotopic (exact) mass is 462 g/mol. The van der Waals surface area contributed by atoms with Crippen LogP contribution in [-0.4, -0.2) is 53.7 Å². The van der Waals surface area contributed by atoms with E-state index in [4.69, 9.17) is 4.74 Å². The van der Waals surface area contributed by atoms with E-state index in [1.165, 1.54) is 16.0 Å². The molecule has 7 heteroatoms. The summed E-state index contributed by atoms with van der Waals surface area (Å²) in [5.74, 6) is -1.30. The number of ether oxygens (including phenoxy) is 1. The van der Waals surface area contributed by atoms with Crippen molar-refractivity contribution in [1.29, 1.82) is 0 Å². The van der Waals surface area contributed by atoms with Gasteiger partial charge in [-0.25, -0.2) is 4.79 Å². The molecule has 178 valence electrons. The van der Waals surface area contributed by atoms with Crippen molar-refractivity contribution in [2.75, 3.05) is 19.7 Å². The highest BCUT2D eigenvalue weighted by Crippen LogP contribution is 2.44. The Bertz CT molecular complexity index is 1050. The third-order valence-electron chi connectivity index (χ3n) is 7.40. The minimum Gasteiger partial charge on any atom is -0.480 e. The number of benzene rings is 2. The van der Waals surface area contributed by atoms with Gasteiger partial charge in [0, 0.05) is 24.4 Å².